The number of amides is 4. The quantitative estimate of drug-likeness (QED) is 0.161. The van der Waals surface area contributed by atoms with E-state index in [1.165, 1.54) is 7.05 Å². The van der Waals surface area contributed by atoms with Crippen LogP contribution < -0.4 is 36.0 Å². The van der Waals surface area contributed by atoms with Crippen LogP contribution >= 0.6 is 23.2 Å². The van der Waals surface area contributed by atoms with Crippen LogP contribution in [0.15, 0.2) is 47.4 Å². The molecular formula is C46H54Cl2N10O7. The number of anilines is 4. The van der Waals surface area contributed by atoms with Gasteiger partial charge in [0.15, 0.2) is 18.2 Å². The van der Waals surface area contributed by atoms with Gasteiger partial charge in [-0.2, -0.15) is 4.98 Å². The third-order valence-corrected chi connectivity index (χ3v) is 14.0. The van der Waals surface area contributed by atoms with Gasteiger partial charge in [-0.3, -0.25) is 34.2 Å². The van der Waals surface area contributed by atoms with E-state index in [4.69, 9.17) is 37.7 Å². The average Bonchev–Trinajstić information content (AvgIpc) is 3.58. The number of imide groups is 1. The molecule has 3 saturated heterocycles. The molecule has 0 spiro atoms. The predicted octanol–water partition coefficient (Wildman–Crippen LogP) is 5.04. The third-order valence-electron chi connectivity index (χ3n) is 13.4. The Morgan fingerprint density at radius 3 is 2.46 bits per heavy atom. The molecule has 0 bridgehead atoms. The monoisotopic (exact) mass is 928 g/mol. The number of ether oxygens (including phenoxy) is 2. The SMILES string of the molecule is CNC(=O)COc1cc2cc(Nc3nc(N4CCC(OC5CC(N6CCN(c7cc8c(cc7Cl)C(=O)N([C@H]7CCC(=O)NC7=O)C8)[C@H](C)C6)C5)CC4)ncc3Cl)ccc2n(C(C)C)c1=O. The Balaban J connectivity index is 0.756. The van der Waals surface area contributed by atoms with Gasteiger partial charge >= 0.3 is 0 Å². The average molecular weight is 930 g/mol. The smallest absolute Gasteiger partial charge is 0.293 e. The van der Waals surface area contributed by atoms with Crippen LogP contribution in [0, 0.1) is 0 Å². The summed E-state index contributed by atoms with van der Waals surface area (Å²) in [5, 5.41) is 9.85. The summed E-state index contributed by atoms with van der Waals surface area (Å²) < 4.78 is 13.9. The van der Waals surface area contributed by atoms with Crippen LogP contribution in [0.4, 0.5) is 23.1 Å². The van der Waals surface area contributed by atoms with E-state index in [0.29, 0.717) is 52.1 Å². The first-order valence-corrected chi connectivity index (χ1v) is 23.2. The summed E-state index contributed by atoms with van der Waals surface area (Å²) in [5.41, 5.74) is 3.41. The molecule has 2 aromatic carbocycles. The van der Waals surface area contributed by atoms with E-state index < -0.39 is 11.9 Å². The lowest BCUT2D eigenvalue weighted by Crippen LogP contribution is -2.59. The summed E-state index contributed by atoms with van der Waals surface area (Å²) in [5.74, 6) is -0.159. The van der Waals surface area contributed by atoms with Crippen molar-refractivity contribution in [2.45, 2.75) is 102 Å². The zero-order chi connectivity index (χ0) is 45.7. The van der Waals surface area contributed by atoms with E-state index in [0.717, 1.165) is 80.6 Å². The third kappa shape index (κ3) is 9.07. The highest BCUT2D eigenvalue weighted by molar-refractivity contribution is 6.34. The van der Waals surface area contributed by atoms with Crippen LogP contribution in [0.3, 0.4) is 0 Å². The van der Waals surface area contributed by atoms with Gasteiger partial charge in [-0.25, -0.2) is 4.98 Å². The zero-order valence-corrected chi connectivity index (χ0v) is 38.5. The topological polar surface area (TPSA) is 184 Å². The lowest BCUT2D eigenvalue weighted by atomic mass is 9.86. The van der Waals surface area contributed by atoms with E-state index in [1.54, 1.807) is 27.8 Å². The lowest BCUT2D eigenvalue weighted by Gasteiger charge is -2.50. The van der Waals surface area contributed by atoms with Crippen LogP contribution in [0.5, 0.6) is 5.75 Å². The molecular weight excluding hydrogens is 875 g/mol. The first-order valence-electron chi connectivity index (χ1n) is 22.4. The molecule has 17 nitrogen and oxygen atoms in total. The molecule has 19 heteroatoms. The number of piperazine rings is 1. The Morgan fingerprint density at radius 2 is 1.74 bits per heavy atom. The minimum Gasteiger partial charge on any atom is -0.478 e. The Labute approximate surface area is 386 Å². The van der Waals surface area contributed by atoms with Gasteiger partial charge in [-0.1, -0.05) is 23.2 Å². The number of benzene rings is 2. The fourth-order valence-corrected chi connectivity index (χ4v) is 10.3. The van der Waals surface area contributed by atoms with Crippen molar-refractivity contribution < 1.29 is 28.7 Å². The Bertz CT molecular complexity index is 2600. The number of nitrogens with one attached hydrogen (secondary N) is 3. The van der Waals surface area contributed by atoms with Crippen LogP contribution in [0.25, 0.3) is 10.9 Å². The molecule has 5 aliphatic rings. The highest BCUT2D eigenvalue weighted by Crippen LogP contribution is 2.39. The predicted molar refractivity (Wildman–Crippen MR) is 247 cm³/mol. The minimum atomic E-state index is -0.664. The van der Waals surface area contributed by atoms with Crippen molar-refractivity contribution in [3.8, 4) is 5.75 Å². The normalized spacial score (nSPS) is 22.9. The van der Waals surface area contributed by atoms with Gasteiger partial charge in [0.05, 0.1) is 34.6 Å². The Kier molecular flexibility index (Phi) is 12.7. The number of halogens is 2. The number of piperidine rings is 2. The van der Waals surface area contributed by atoms with Gasteiger partial charge in [0.25, 0.3) is 17.4 Å². The second-order valence-electron chi connectivity index (χ2n) is 18.0. The first-order chi connectivity index (χ1) is 31.2. The van der Waals surface area contributed by atoms with Crippen LogP contribution in [-0.4, -0.2) is 125 Å². The number of aromatic nitrogens is 3. The van der Waals surface area contributed by atoms with Crippen molar-refractivity contribution in [2.24, 2.45) is 0 Å². The molecule has 2 aromatic heterocycles. The highest BCUT2D eigenvalue weighted by atomic mass is 35.5. The summed E-state index contributed by atoms with van der Waals surface area (Å²) in [6, 6.07) is 10.9. The first kappa shape index (κ1) is 44.7. The molecule has 4 fully saturated rings. The molecule has 1 aliphatic carbocycles. The van der Waals surface area contributed by atoms with Crippen molar-refractivity contribution in [1.29, 1.82) is 0 Å². The Morgan fingerprint density at radius 1 is 0.954 bits per heavy atom. The summed E-state index contributed by atoms with van der Waals surface area (Å²) in [4.78, 5) is 80.7. The number of rotatable bonds is 12. The van der Waals surface area contributed by atoms with Crippen molar-refractivity contribution in [2.75, 3.05) is 61.5 Å². The van der Waals surface area contributed by atoms with Crippen molar-refractivity contribution in [3.63, 3.8) is 0 Å². The molecule has 4 amide bonds. The van der Waals surface area contributed by atoms with Crippen LogP contribution in [0.1, 0.15) is 81.3 Å². The molecule has 1 saturated carbocycles. The number of hydrogen-bond donors (Lipinski definition) is 3. The van der Waals surface area contributed by atoms with E-state index in [9.17, 15) is 24.0 Å². The van der Waals surface area contributed by atoms with Gasteiger partial charge in [0.1, 0.15) is 11.1 Å². The molecule has 344 valence electrons. The fourth-order valence-electron chi connectivity index (χ4n) is 9.85. The number of nitrogens with zero attached hydrogens (tertiary/aromatic N) is 7. The van der Waals surface area contributed by atoms with E-state index in [2.05, 4.69) is 42.6 Å². The maximum Gasteiger partial charge on any atom is 0.293 e. The van der Waals surface area contributed by atoms with Gasteiger partial charge in [0.2, 0.25) is 17.8 Å². The summed E-state index contributed by atoms with van der Waals surface area (Å²) >= 11 is 13.4. The molecule has 65 heavy (non-hydrogen) atoms. The number of hydrogen-bond acceptors (Lipinski definition) is 13. The number of pyridine rings is 1. The van der Waals surface area contributed by atoms with Crippen molar-refractivity contribution in [1.82, 2.24) is 35.0 Å². The number of carbonyl (C=O) groups is 4. The molecule has 4 aliphatic heterocycles. The highest BCUT2D eigenvalue weighted by Gasteiger charge is 2.42. The standard InChI is InChI=1S/C46H54Cl2N10O7/c1-25(2)58-36-6-5-29(15-27(36)17-39(45(58)63)64-24-41(60)49-4)51-42-35(48)21-50-46(53-42)54-11-9-31(10-12-54)65-32-18-30(19-32)55-13-14-56(26(3)22-55)38-16-28-23-57(44(62)33(28)20-34(38)47)37-7-8-40(59)52-43(37)61/h5-6,15-17,20-21,25-26,30-32,37H,7-14,18-19,22-24H2,1-4H3,(H,49,60)(H,50,51,53)(H,52,59,61)/t26-,30?,32?,37+/m1/s1. The maximum atomic E-state index is 13.3. The maximum absolute atomic E-state index is 13.3. The zero-order valence-electron chi connectivity index (χ0n) is 36.9. The van der Waals surface area contributed by atoms with Gasteiger partial charge in [0, 0.05) is 87.5 Å². The van der Waals surface area contributed by atoms with E-state index in [1.807, 2.05) is 38.1 Å². The molecule has 9 rings (SSSR count). The van der Waals surface area contributed by atoms with Crippen molar-refractivity contribution in [3.05, 3.63) is 74.1 Å². The minimum absolute atomic E-state index is 0.0900. The summed E-state index contributed by atoms with van der Waals surface area (Å²) in [7, 11) is 1.51. The molecule has 2 atom stereocenters. The number of fused-ring (bicyclic) bond motifs is 2. The van der Waals surface area contributed by atoms with E-state index in [-0.39, 0.29) is 66.3 Å². The summed E-state index contributed by atoms with van der Waals surface area (Å²) in [6.45, 7) is 10.2. The van der Waals surface area contributed by atoms with E-state index >= 15 is 0 Å². The second kappa shape index (κ2) is 18.4. The van der Waals surface area contributed by atoms with Gasteiger partial charge in [-0.15, -0.1) is 0 Å². The van der Waals surface area contributed by atoms with Gasteiger partial charge < -0.3 is 39.4 Å². The number of carbonyl (C=O) groups excluding carboxylic acids is 4. The molecule has 3 N–H and O–H groups in total. The van der Waals surface area contributed by atoms with Crippen molar-refractivity contribution >= 4 is 80.9 Å². The lowest BCUT2D eigenvalue weighted by molar-refractivity contribution is -0.137. The molecule has 4 aromatic rings. The molecule has 0 unspecified atom stereocenters. The molecule has 6 heterocycles. The fraction of sp³-hybridized carbons (Fsp3) is 0.500. The largest absolute Gasteiger partial charge is 0.478 e. The van der Waals surface area contributed by atoms with Crippen LogP contribution in [0.2, 0.25) is 10.0 Å². The second-order valence-corrected chi connectivity index (χ2v) is 18.8. The molecule has 0 radical (unpaired) electrons. The van der Waals surface area contributed by atoms with Crippen LogP contribution in [-0.2, 0) is 25.7 Å². The Hall–Kier alpha value is -5.49. The number of likely N-dealkylation sites (N-methyl/N-ethyl adjacent to an activating group) is 1. The van der Waals surface area contributed by atoms with Gasteiger partial charge in [-0.05, 0) is 94.8 Å². The summed E-state index contributed by atoms with van der Waals surface area (Å²) in [6.07, 6.45) is 6.22.